The van der Waals surface area contributed by atoms with Gasteiger partial charge in [0.05, 0.1) is 17.8 Å². The number of nitrogen functional groups attached to an aromatic ring is 1. The minimum Gasteiger partial charge on any atom is -0.396 e. The molecule has 0 saturated heterocycles. The van der Waals surface area contributed by atoms with Gasteiger partial charge in [0.25, 0.3) is 5.91 Å². The number of para-hydroxylation sites is 1. The average molecular weight is 267 g/mol. The number of primary amides is 1. The Bertz CT molecular complexity index is 477. The molecule has 2 amide bonds. The van der Waals surface area contributed by atoms with Crippen molar-refractivity contribution in [3.63, 3.8) is 0 Å². The molecule has 1 aromatic rings. The van der Waals surface area contributed by atoms with Gasteiger partial charge in [0.1, 0.15) is 5.82 Å². The number of nitrogens with zero attached hydrogens (tertiary/aromatic N) is 1. The molecule has 0 aliphatic heterocycles. The zero-order valence-corrected chi connectivity index (χ0v) is 10.9. The quantitative estimate of drug-likeness (QED) is 0.757. The predicted octanol–water partition coefficient (Wildman–Crippen LogP) is 1.14. The van der Waals surface area contributed by atoms with Crippen molar-refractivity contribution in [3.05, 3.63) is 29.6 Å². The van der Waals surface area contributed by atoms with Crippen LogP contribution in [0.1, 0.15) is 30.1 Å². The van der Waals surface area contributed by atoms with Crippen LogP contribution in [0.5, 0.6) is 0 Å². The van der Waals surface area contributed by atoms with Gasteiger partial charge in [0, 0.05) is 6.54 Å². The Balaban J connectivity index is 2.97. The second kappa shape index (κ2) is 6.72. The van der Waals surface area contributed by atoms with Crippen molar-refractivity contribution in [2.75, 3.05) is 18.8 Å². The van der Waals surface area contributed by atoms with Gasteiger partial charge in [0.15, 0.2) is 0 Å². The Hall–Kier alpha value is -2.11. The second-order valence-corrected chi connectivity index (χ2v) is 4.25. The molecular formula is C13H18FN3O2. The van der Waals surface area contributed by atoms with E-state index in [0.29, 0.717) is 6.54 Å². The van der Waals surface area contributed by atoms with Gasteiger partial charge >= 0.3 is 0 Å². The summed E-state index contributed by atoms with van der Waals surface area (Å²) in [7, 11) is 0. The summed E-state index contributed by atoms with van der Waals surface area (Å²) in [5.74, 6) is -1.75. The van der Waals surface area contributed by atoms with Crippen molar-refractivity contribution >= 4 is 17.5 Å². The lowest BCUT2D eigenvalue weighted by Crippen LogP contribution is -2.39. The van der Waals surface area contributed by atoms with Gasteiger partial charge in [0.2, 0.25) is 5.91 Å². The van der Waals surface area contributed by atoms with Crippen LogP contribution < -0.4 is 11.5 Å². The average Bonchev–Trinajstić information content (AvgIpc) is 2.36. The molecule has 0 aromatic heterocycles. The third-order valence-electron chi connectivity index (χ3n) is 2.70. The molecule has 0 radical (unpaired) electrons. The van der Waals surface area contributed by atoms with E-state index < -0.39 is 17.6 Å². The summed E-state index contributed by atoms with van der Waals surface area (Å²) in [5, 5.41) is 0. The summed E-state index contributed by atoms with van der Waals surface area (Å²) in [6, 6.07) is 4.01. The fourth-order valence-electron chi connectivity index (χ4n) is 1.68. The summed E-state index contributed by atoms with van der Waals surface area (Å²) in [6.07, 6.45) is 1.59. The van der Waals surface area contributed by atoms with Gasteiger partial charge in [-0.3, -0.25) is 9.59 Å². The second-order valence-electron chi connectivity index (χ2n) is 4.25. The zero-order valence-electron chi connectivity index (χ0n) is 10.9. The Morgan fingerprint density at radius 3 is 2.63 bits per heavy atom. The fourth-order valence-corrected chi connectivity index (χ4v) is 1.68. The highest BCUT2D eigenvalue weighted by Gasteiger charge is 2.20. The molecule has 0 aliphatic rings. The number of hydrogen-bond acceptors (Lipinski definition) is 3. The molecule has 0 spiro atoms. The number of halogens is 1. The van der Waals surface area contributed by atoms with Crippen LogP contribution in [0.25, 0.3) is 0 Å². The topological polar surface area (TPSA) is 89.4 Å². The number of benzene rings is 1. The maximum atomic E-state index is 13.3. The fraction of sp³-hybridized carbons (Fsp3) is 0.385. The highest BCUT2D eigenvalue weighted by atomic mass is 19.1. The van der Waals surface area contributed by atoms with Crippen molar-refractivity contribution in [2.24, 2.45) is 5.73 Å². The van der Waals surface area contributed by atoms with E-state index >= 15 is 0 Å². The van der Waals surface area contributed by atoms with E-state index in [-0.39, 0.29) is 17.8 Å². The minimum atomic E-state index is -0.652. The first-order chi connectivity index (χ1) is 8.97. The third kappa shape index (κ3) is 3.94. The molecule has 1 rings (SSSR count). The first-order valence-electron chi connectivity index (χ1n) is 6.09. The number of nitrogens with two attached hydrogens (primary N) is 2. The lowest BCUT2D eigenvalue weighted by molar-refractivity contribution is -0.118. The molecule has 0 saturated carbocycles. The van der Waals surface area contributed by atoms with Crippen molar-refractivity contribution in [2.45, 2.75) is 19.8 Å². The van der Waals surface area contributed by atoms with Crippen LogP contribution in [0.3, 0.4) is 0 Å². The lowest BCUT2D eigenvalue weighted by atomic mass is 10.1. The lowest BCUT2D eigenvalue weighted by Gasteiger charge is -2.21. The molecule has 0 atom stereocenters. The highest BCUT2D eigenvalue weighted by Crippen LogP contribution is 2.18. The van der Waals surface area contributed by atoms with E-state index in [0.717, 1.165) is 12.8 Å². The molecule has 4 N–H and O–H groups in total. The number of unbranched alkanes of at least 4 members (excludes halogenated alkanes) is 1. The molecule has 104 valence electrons. The smallest absolute Gasteiger partial charge is 0.256 e. The normalized spacial score (nSPS) is 10.2. The van der Waals surface area contributed by atoms with E-state index in [1.165, 1.54) is 23.1 Å². The van der Waals surface area contributed by atoms with E-state index in [1.54, 1.807) is 0 Å². The van der Waals surface area contributed by atoms with Crippen LogP contribution in [0, 0.1) is 5.82 Å². The van der Waals surface area contributed by atoms with E-state index in [1.807, 2.05) is 6.92 Å². The van der Waals surface area contributed by atoms with Gasteiger partial charge in [-0.15, -0.1) is 0 Å². The van der Waals surface area contributed by atoms with E-state index in [4.69, 9.17) is 11.5 Å². The SMILES string of the molecule is CCCCN(CC(N)=O)C(=O)c1cccc(F)c1N. The summed E-state index contributed by atoms with van der Waals surface area (Å²) in [6.45, 7) is 2.15. The molecule has 0 unspecified atom stereocenters. The molecule has 0 bridgehead atoms. The standard InChI is InChI=1S/C13H18FN3O2/c1-2-3-7-17(8-11(15)18)13(19)9-5-4-6-10(14)12(9)16/h4-6H,2-3,7-8,16H2,1H3,(H2,15,18). The maximum absolute atomic E-state index is 13.3. The summed E-state index contributed by atoms with van der Waals surface area (Å²) < 4.78 is 13.3. The Morgan fingerprint density at radius 2 is 2.05 bits per heavy atom. The van der Waals surface area contributed by atoms with Gasteiger partial charge in [-0.05, 0) is 18.6 Å². The van der Waals surface area contributed by atoms with Crippen molar-refractivity contribution in [1.29, 1.82) is 0 Å². The van der Waals surface area contributed by atoms with E-state index in [9.17, 15) is 14.0 Å². The zero-order chi connectivity index (χ0) is 14.4. The minimum absolute atomic E-state index is 0.0531. The summed E-state index contributed by atoms with van der Waals surface area (Å²) in [4.78, 5) is 24.5. The van der Waals surface area contributed by atoms with E-state index in [2.05, 4.69) is 0 Å². The maximum Gasteiger partial charge on any atom is 0.256 e. The van der Waals surface area contributed by atoms with Crippen LogP contribution in [-0.4, -0.2) is 29.8 Å². The number of hydrogen-bond donors (Lipinski definition) is 2. The van der Waals surface area contributed by atoms with Gasteiger partial charge in [-0.1, -0.05) is 19.4 Å². The molecular weight excluding hydrogens is 249 g/mol. The van der Waals surface area contributed by atoms with Crippen molar-refractivity contribution < 1.29 is 14.0 Å². The summed E-state index contributed by atoms with van der Waals surface area (Å²) >= 11 is 0. The first kappa shape index (κ1) is 14.9. The third-order valence-corrected chi connectivity index (χ3v) is 2.70. The molecule has 0 fully saturated rings. The van der Waals surface area contributed by atoms with Crippen LogP contribution in [-0.2, 0) is 4.79 Å². The Labute approximate surface area is 111 Å². The molecule has 6 heteroatoms. The molecule has 1 aromatic carbocycles. The van der Waals surface area contributed by atoms with Crippen LogP contribution in [0.15, 0.2) is 18.2 Å². The molecule has 0 aliphatic carbocycles. The Morgan fingerprint density at radius 1 is 1.37 bits per heavy atom. The monoisotopic (exact) mass is 267 g/mol. The first-order valence-corrected chi connectivity index (χ1v) is 6.09. The summed E-state index contributed by atoms with van der Waals surface area (Å²) in [5.41, 5.74) is 10.5. The Kier molecular flexibility index (Phi) is 5.29. The molecule has 19 heavy (non-hydrogen) atoms. The van der Waals surface area contributed by atoms with Crippen LogP contribution in [0.2, 0.25) is 0 Å². The van der Waals surface area contributed by atoms with Gasteiger partial charge in [-0.2, -0.15) is 0 Å². The molecule has 5 nitrogen and oxygen atoms in total. The number of amides is 2. The number of carbonyl (C=O) groups excluding carboxylic acids is 2. The van der Waals surface area contributed by atoms with Crippen LogP contribution in [0.4, 0.5) is 10.1 Å². The number of carbonyl (C=O) groups is 2. The van der Waals surface area contributed by atoms with Gasteiger partial charge < -0.3 is 16.4 Å². The van der Waals surface area contributed by atoms with Crippen molar-refractivity contribution in [1.82, 2.24) is 4.90 Å². The van der Waals surface area contributed by atoms with Crippen LogP contribution >= 0.6 is 0 Å². The molecule has 0 heterocycles. The largest absolute Gasteiger partial charge is 0.396 e. The van der Waals surface area contributed by atoms with Crippen molar-refractivity contribution in [3.8, 4) is 0 Å². The number of rotatable bonds is 6. The number of anilines is 1. The predicted molar refractivity (Wildman–Crippen MR) is 70.8 cm³/mol. The highest BCUT2D eigenvalue weighted by molar-refractivity contribution is 6.00. The van der Waals surface area contributed by atoms with Gasteiger partial charge in [-0.25, -0.2) is 4.39 Å².